The van der Waals surface area contributed by atoms with Gasteiger partial charge in [0, 0.05) is 19.6 Å². The Bertz CT molecular complexity index is 437. The van der Waals surface area contributed by atoms with Crippen LogP contribution in [0.2, 0.25) is 0 Å². The van der Waals surface area contributed by atoms with Crippen LogP contribution in [0.1, 0.15) is 17.2 Å². The Hall–Kier alpha value is -1.62. The number of carboxylic acid groups (broad SMARTS) is 1. The number of rotatable bonds is 1. The normalized spacial score (nSPS) is 20.4. The lowest BCUT2D eigenvalue weighted by Crippen LogP contribution is -2.48. The van der Waals surface area contributed by atoms with Crippen LogP contribution in [0.15, 0.2) is 18.2 Å². The summed E-state index contributed by atoms with van der Waals surface area (Å²) >= 11 is 0. The monoisotopic (exact) mass is 238 g/mol. The van der Waals surface area contributed by atoms with Crippen LogP contribution < -0.4 is 5.32 Å². The molecule has 1 fully saturated rings. The van der Waals surface area contributed by atoms with Crippen molar-refractivity contribution in [3.63, 3.8) is 0 Å². The minimum absolute atomic E-state index is 0.236. The zero-order chi connectivity index (χ0) is 12.4. The van der Waals surface area contributed by atoms with Crippen molar-refractivity contribution in [2.45, 2.75) is 13.0 Å². The molecule has 0 saturated carbocycles. The van der Waals surface area contributed by atoms with Gasteiger partial charge in [0.2, 0.25) is 0 Å². The highest BCUT2D eigenvalue weighted by atomic mass is 19.1. The van der Waals surface area contributed by atoms with Gasteiger partial charge < -0.3 is 10.4 Å². The summed E-state index contributed by atoms with van der Waals surface area (Å²) in [5.41, 5.74) is 1.37. The highest BCUT2D eigenvalue weighted by Gasteiger charge is 2.27. The largest absolute Gasteiger partial charge is 0.465 e. The molecule has 1 aliphatic heterocycles. The van der Waals surface area contributed by atoms with E-state index in [4.69, 9.17) is 5.11 Å². The number of hydrogen-bond acceptors (Lipinski definition) is 2. The molecule has 0 aromatic heterocycles. The number of piperazine rings is 1. The van der Waals surface area contributed by atoms with Crippen molar-refractivity contribution in [2.24, 2.45) is 0 Å². The van der Waals surface area contributed by atoms with Crippen LogP contribution in [0.5, 0.6) is 0 Å². The molecular formula is C12H15FN2O2. The summed E-state index contributed by atoms with van der Waals surface area (Å²) < 4.78 is 13.2. The van der Waals surface area contributed by atoms with Gasteiger partial charge in [-0.25, -0.2) is 9.18 Å². The first-order valence-corrected chi connectivity index (χ1v) is 5.56. The number of nitrogens with one attached hydrogen (secondary N) is 1. The molecule has 0 aliphatic carbocycles. The molecule has 1 unspecified atom stereocenters. The van der Waals surface area contributed by atoms with E-state index in [1.54, 1.807) is 19.1 Å². The fourth-order valence-electron chi connectivity index (χ4n) is 2.11. The third-order valence-corrected chi connectivity index (χ3v) is 3.06. The van der Waals surface area contributed by atoms with Gasteiger partial charge in [0.25, 0.3) is 0 Å². The highest BCUT2D eigenvalue weighted by molar-refractivity contribution is 5.66. The Labute approximate surface area is 99.0 Å². The molecule has 4 nitrogen and oxygen atoms in total. The molecule has 1 atom stereocenters. The second-order valence-electron chi connectivity index (χ2n) is 4.20. The Kier molecular flexibility index (Phi) is 3.28. The summed E-state index contributed by atoms with van der Waals surface area (Å²) in [5.74, 6) is -0.264. The second-order valence-corrected chi connectivity index (χ2v) is 4.20. The van der Waals surface area contributed by atoms with Crippen LogP contribution in [0.3, 0.4) is 0 Å². The van der Waals surface area contributed by atoms with Crippen molar-refractivity contribution in [3.05, 3.63) is 35.1 Å². The molecule has 1 aliphatic rings. The van der Waals surface area contributed by atoms with Crippen LogP contribution in [0.4, 0.5) is 9.18 Å². The fraction of sp³-hybridized carbons (Fsp3) is 0.417. The highest BCUT2D eigenvalue weighted by Crippen LogP contribution is 2.23. The van der Waals surface area contributed by atoms with E-state index >= 15 is 0 Å². The number of halogens is 1. The van der Waals surface area contributed by atoms with Gasteiger partial charge in [0.15, 0.2) is 0 Å². The van der Waals surface area contributed by atoms with Crippen LogP contribution in [0.25, 0.3) is 0 Å². The second kappa shape index (κ2) is 4.71. The van der Waals surface area contributed by atoms with Gasteiger partial charge in [-0.15, -0.1) is 0 Å². The van der Waals surface area contributed by atoms with Crippen molar-refractivity contribution >= 4 is 6.09 Å². The maximum Gasteiger partial charge on any atom is 0.407 e. The lowest BCUT2D eigenvalue weighted by Gasteiger charge is -2.34. The van der Waals surface area contributed by atoms with Gasteiger partial charge in [0.1, 0.15) is 5.82 Å². The van der Waals surface area contributed by atoms with E-state index < -0.39 is 6.09 Å². The number of amides is 1. The first kappa shape index (κ1) is 11.9. The molecule has 5 heteroatoms. The van der Waals surface area contributed by atoms with E-state index in [1.165, 1.54) is 11.0 Å². The van der Waals surface area contributed by atoms with Gasteiger partial charge >= 0.3 is 6.09 Å². The Morgan fingerprint density at radius 2 is 2.35 bits per heavy atom. The topological polar surface area (TPSA) is 52.6 Å². The summed E-state index contributed by atoms with van der Waals surface area (Å²) in [7, 11) is 0. The van der Waals surface area contributed by atoms with Crippen molar-refractivity contribution in [3.8, 4) is 0 Å². The van der Waals surface area contributed by atoms with Gasteiger partial charge in [-0.05, 0) is 24.1 Å². The Morgan fingerprint density at radius 1 is 1.59 bits per heavy atom. The first-order chi connectivity index (χ1) is 8.09. The molecule has 1 heterocycles. The summed E-state index contributed by atoms with van der Waals surface area (Å²) in [6, 6.07) is 4.51. The molecule has 2 rings (SSSR count). The Balaban J connectivity index is 2.29. The maximum atomic E-state index is 13.2. The third-order valence-electron chi connectivity index (χ3n) is 3.06. The Morgan fingerprint density at radius 3 is 3.00 bits per heavy atom. The van der Waals surface area contributed by atoms with Crippen molar-refractivity contribution in [2.75, 3.05) is 19.6 Å². The van der Waals surface area contributed by atoms with E-state index in [-0.39, 0.29) is 11.9 Å². The average Bonchev–Trinajstić information content (AvgIpc) is 2.32. The minimum Gasteiger partial charge on any atom is -0.465 e. The van der Waals surface area contributed by atoms with E-state index in [0.29, 0.717) is 25.2 Å². The summed E-state index contributed by atoms with van der Waals surface area (Å²) in [6.45, 7) is 3.36. The number of nitrogens with zero attached hydrogens (tertiary/aromatic N) is 1. The standard InChI is InChI=1S/C12H15FN2O2/c1-8-6-9(2-3-10(8)13)11-7-14-4-5-15(11)12(16)17/h2-3,6,11,14H,4-5,7H2,1H3,(H,16,17). The predicted octanol–water partition coefficient (Wildman–Crippen LogP) is 1.76. The van der Waals surface area contributed by atoms with Gasteiger partial charge in [0.05, 0.1) is 6.04 Å². The summed E-state index contributed by atoms with van der Waals surface area (Å²) in [4.78, 5) is 12.5. The average molecular weight is 238 g/mol. The van der Waals surface area contributed by atoms with Crippen molar-refractivity contribution in [1.82, 2.24) is 10.2 Å². The summed E-state index contributed by atoms with van der Waals surface area (Å²) in [5, 5.41) is 12.3. The van der Waals surface area contributed by atoms with Gasteiger partial charge in [-0.1, -0.05) is 12.1 Å². The number of aryl methyl sites for hydroxylation is 1. The molecule has 1 aromatic rings. The van der Waals surface area contributed by atoms with Crippen LogP contribution in [-0.2, 0) is 0 Å². The number of hydrogen-bond donors (Lipinski definition) is 2. The van der Waals surface area contributed by atoms with Gasteiger partial charge in [-0.2, -0.15) is 0 Å². The number of benzene rings is 1. The molecule has 1 saturated heterocycles. The zero-order valence-corrected chi connectivity index (χ0v) is 9.61. The van der Waals surface area contributed by atoms with E-state index in [1.807, 2.05) is 0 Å². The zero-order valence-electron chi connectivity index (χ0n) is 9.61. The molecule has 0 radical (unpaired) electrons. The SMILES string of the molecule is Cc1cc(C2CNCCN2C(=O)O)ccc1F. The molecule has 0 bridgehead atoms. The molecule has 1 aromatic carbocycles. The van der Waals surface area contributed by atoms with E-state index in [0.717, 1.165) is 5.56 Å². The molecule has 1 amide bonds. The van der Waals surface area contributed by atoms with Crippen LogP contribution in [0, 0.1) is 12.7 Å². The minimum atomic E-state index is -0.932. The van der Waals surface area contributed by atoms with Gasteiger partial charge in [-0.3, -0.25) is 4.90 Å². The molecule has 92 valence electrons. The van der Waals surface area contributed by atoms with E-state index in [9.17, 15) is 9.18 Å². The quantitative estimate of drug-likeness (QED) is 0.783. The molecule has 0 spiro atoms. The fourth-order valence-corrected chi connectivity index (χ4v) is 2.11. The lowest BCUT2D eigenvalue weighted by molar-refractivity contribution is 0.112. The summed E-state index contributed by atoms with van der Waals surface area (Å²) in [6.07, 6.45) is -0.932. The van der Waals surface area contributed by atoms with Crippen molar-refractivity contribution < 1.29 is 14.3 Å². The smallest absolute Gasteiger partial charge is 0.407 e. The number of carbonyl (C=O) groups is 1. The molecular weight excluding hydrogens is 223 g/mol. The maximum absolute atomic E-state index is 13.2. The third kappa shape index (κ3) is 2.39. The molecule has 17 heavy (non-hydrogen) atoms. The predicted molar refractivity (Wildman–Crippen MR) is 61.5 cm³/mol. The van der Waals surface area contributed by atoms with Crippen molar-refractivity contribution in [1.29, 1.82) is 0 Å². The van der Waals surface area contributed by atoms with E-state index in [2.05, 4.69) is 5.32 Å². The molecule has 2 N–H and O–H groups in total. The first-order valence-electron chi connectivity index (χ1n) is 5.56. The lowest BCUT2D eigenvalue weighted by atomic mass is 10.0. The van der Waals surface area contributed by atoms with Crippen LogP contribution >= 0.6 is 0 Å². The van der Waals surface area contributed by atoms with Crippen LogP contribution in [-0.4, -0.2) is 35.7 Å².